The second kappa shape index (κ2) is 11.1. The molecular weight excluding hydrogens is 490 g/mol. The topological polar surface area (TPSA) is 110 Å². The van der Waals surface area contributed by atoms with E-state index in [1.165, 1.54) is 11.3 Å². The molecule has 37 heavy (non-hydrogen) atoms. The third-order valence-electron chi connectivity index (χ3n) is 7.76. The van der Waals surface area contributed by atoms with Crippen LogP contribution in [-0.4, -0.2) is 75.4 Å². The van der Waals surface area contributed by atoms with Crippen LogP contribution in [0.3, 0.4) is 0 Å². The zero-order valence-corrected chi connectivity index (χ0v) is 21.7. The van der Waals surface area contributed by atoms with Gasteiger partial charge >= 0.3 is 0 Å². The first kappa shape index (κ1) is 24.8. The highest BCUT2D eigenvalue weighted by atomic mass is 32.1. The second-order valence-electron chi connectivity index (χ2n) is 10.3. The van der Waals surface area contributed by atoms with Gasteiger partial charge in [-0.05, 0) is 56.2 Å². The molecule has 6 rings (SSSR count). The van der Waals surface area contributed by atoms with E-state index in [4.69, 9.17) is 9.47 Å². The monoisotopic (exact) mass is 523 g/mol. The van der Waals surface area contributed by atoms with Crippen LogP contribution in [0.25, 0.3) is 21.3 Å². The summed E-state index contributed by atoms with van der Waals surface area (Å²) < 4.78 is 12.3. The molecule has 2 N–H and O–H groups in total. The highest BCUT2D eigenvalue weighted by Crippen LogP contribution is 2.35. The number of carbonyl (C=O) groups excluding carboxylic acids is 1. The molecule has 1 aliphatic heterocycles. The Morgan fingerprint density at radius 3 is 2.81 bits per heavy atom. The third kappa shape index (κ3) is 5.68. The molecule has 0 unspecified atom stereocenters. The van der Waals surface area contributed by atoms with Gasteiger partial charge < -0.3 is 19.9 Å². The third-order valence-corrected chi connectivity index (χ3v) is 8.69. The second-order valence-corrected chi connectivity index (χ2v) is 11.3. The molecule has 1 saturated heterocycles. The number of aliphatic hydroxyl groups is 1. The maximum Gasteiger partial charge on any atom is 0.229 e. The van der Waals surface area contributed by atoms with Crippen LogP contribution in [0.4, 0.5) is 5.13 Å². The van der Waals surface area contributed by atoms with Crippen LogP contribution in [0.5, 0.6) is 0 Å². The maximum atomic E-state index is 12.8. The fourth-order valence-electron chi connectivity index (χ4n) is 5.46. The van der Waals surface area contributed by atoms with E-state index >= 15 is 0 Å². The van der Waals surface area contributed by atoms with Crippen LogP contribution < -0.4 is 5.32 Å². The summed E-state index contributed by atoms with van der Waals surface area (Å²) in [5.74, 6) is 0.723. The van der Waals surface area contributed by atoms with Crippen molar-refractivity contribution in [2.24, 2.45) is 5.92 Å². The SMILES string of the molecule is O=C(Nc1nc2ccc(-c3cnc(CO[C@H]4CCC[C@@H]4O)nc3)cc2s1)C1CC(N2CCCOCC2)C1. The lowest BCUT2D eigenvalue weighted by atomic mass is 9.78. The first-order valence-corrected chi connectivity index (χ1v) is 14.1. The summed E-state index contributed by atoms with van der Waals surface area (Å²) in [5, 5.41) is 13.6. The van der Waals surface area contributed by atoms with Gasteiger partial charge in [-0.3, -0.25) is 9.69 Å². The van der Waals surface area contributed by atoms with E-state index in [1.54, 1.807) is 12.4 Å². The lowest BCUT2D eigenvalue weighted by molar-refractivity contribution is -0.124. The molecule has 0 spiro atoms. The number of aliphatic hydroxyl groups excluding tert-OH is 1. The van der Waals surface area contributed by atoms with Crippen molar-refractivity contribution in [2.75, 3.05) is 31.6 Å². The molecule has 9 nitrogen and oxygen atoms in total. The fourth-order valence-corrected chi connectivity index (χ4v) is 6.36. The number of hydrogen-bond donors (Lipinski definition) is 2. The fraction of sp³-hybridized carbons (Fsp3) is 0.556. The number of anilines is 1. The van der Waals surface area contributed by atoms with Gasteiger partial charge in [-0.1, -0.05) is 17.4 Å². The van der Waals surface area contributed by atoms with E-state index < -0.39 is 0 Å². The van der Waals surface area contributed by atoms with E-state index in [9.17, 15) is 9.90 Å². The molecule has 3 heterocycles. The lowest BCUT2D eigenvalue weighted by Crippen LogP contribution is -2.49. The molecule has 3 aliphatic rings. The van der Waals surface area contributed by atoms with Crippen LogP contribution in [-0.2, 0) is 20.9 Å². The number of ether oxygens (including phenoxy) is 2. The molecule has 1 amide bonds. The summed E-state index contributed by atoms with van der Waals surface area (Å²) >= 11 is 1.49. The largest absolute Gasteiger partial charge is 0.390 e. The molecular formula is C27H33N5O4S. The van der Waals surface area contributed by atoms with Crippen molar-refractivity contribution >= 4 is 32.6 Å². The minimum atomic E-state index is -0.384. The van der Waals surface area contributed by atoms with Gasteiger partial charge in [-0.2, -0.15) is 0 Å². The average molecular weight is 524 g/mol. The summed E-state index contributed by atoms with van der Waals surface area (Å²) in [7, 11) is 0. The number of amides is 1. The number of nitrogens with one attached hydrogen (secondary N) is 1. The van der Waals surface area contributed by atoms with Gasteiger partial charge in [0.1, 0.15) is 6.61 Å². The summed E-state index contributed by atoms with van der Waals surface area (Å²) in [6.45, 7) is 3.95. The van der Waals surface area contributed by atoms with Gasteiger partial charge in [-0.25, -0.2) is 15.0 Å². The van der Waals surface area contributed by atoms with E-state index in [0.717, 1.165) is 86.2 Å². The predicted octanol–water partition coefficient (Wildman–Crippen LogP) is 3.62. The van der Waals surface area contributed by atoms with Gasteiger partial charge in [0.15, 0.2) is 11.0 Å². The van der Waals surface area contributed by atoms with Crippen molar-refractivity contribution in [3.8, 4) is 11.1 Å². The molecule has 2 aliphatic carbocycles. The molecule has 0 bridgehead atoms. The van der Waals surface area contributed by atoms with Gasteiger partial charge in [0, 0.05) is 49.6 Å². The Labute approximate surface area is 220 Å². The normalized spacial score (nSPS) is 26.6. The van der Waals surface area contributed by atoms with E-state index in [1.807, 2.05) is 12.1 Å². The molecule has 2 saturated carbocycles. The van der Waals surface area contributed by atoms with E-state index in [0.29, 0.717) is 23.6 Å². The quantitative estimate of drug-likeness (QED) is 0.483. The van der Waals surface area contributed by atoms with Crippen molar-refractivity contribution in [2.45, 2.75) is 63.4 Å². The minimum absolute atomic E-state index is 0.0494. The minimum Gasteiger partial charge on any atom is -0.390 e. The molecule has 1 aromatic carbocycles. The summed E-state index contributed by atoms with van der Waals surface area (Å²) in [5.41, 5.74) is 2.77. The molecule has 10 heteroatoms. The Balaban J connectivity index is 1.04. The number of rotatable bonds is 7. The maximum absolute atomic E-state index is 12.8. The van der Waals surface area contributed by atoms with Crippen molar-refractivity contribution in [3.05, 3.63) is 36.4 Å². The Morgan fingerprint density at radius 2 is 2.00 bits per heavy atom. The summed E-state index contributed by atoms with van der Waals surface area (Å²) in [6.07, 6.45) is 8.64. The van der Waals surface area contributed by atoms with E-state index in [-0.39, 0.29) is 24.0 Å². The Morgan fingerprint density at radius 1 is 1.14 bits per heavy atom. The van der Waals surface area contributed by atoms with Crippen molar-refractivity contribution in [3.63, 3.8) is 0 Å². The number of nitrogens with zero attached hydrogens (tertiary/aromatic N) is 4. The Bertz CT molecular complexity index is 1220. The molecule has 3 aromatic rings. The Hall–Kier alpha value is -2.50. The number of hydrogen-bond acceptors (Lipinski definition) is 9. The van der Waals surface area contributed by atoms with Crippen LogP contribution in [0.2, 0.25) is 0 Å². The van der Waals surface area contributed by atoms with Crippen molar-refractivity contribution < 1.29 is 19.4 Å². The van der Waals surface area contributed by atoms with Crippen LogP contribution in [0, 0.1) is 5.92 Å². The van der Waals surface area contributed by atoms with Gasteiger partial charge in [0.05, 0.1) is 29.0 Å². The van der Waals surface area contributed by atoms with Crippen LogP contribution >= 0.6 is 11.3 Å². The number of aromatic nitrogens is 3. The summed E-state index contributed by atoms with van der Waals surface area (Å²) in [6, 6.07) is 6.52. The average Bonchev–Trinajstić information content (AvgIpc) is 3.37. The molecule has 2 atom stereocenters. The summed E-state index contributed by atoms with van der Waals surface area (Å²) in [4.78, 5) is 28.8. The zero-order valence-electron chi connectivity index (χ0n) is 20.8. The molecule has 196 valence electrons. The van der Waals surface area contributed by atoms with Crippen LogP contribution in [0.15, 0.2) is 30.6 Å². The van der Waals surface area contributed by atoms with Crippen molar-refractivity contribution in [1.29, 1.82) is 0 Å². The van der Waals surface area contributed by atoms with Crippen LogP contribution in [0.1, 0.15) is 44.3 Å². The van der Waals surface area contributed by atoms with Gasteiger partial charge in [0.2, 0.25) is 5.91 Å². The highest BCUT2D eigenvalue weighted by Gasteiger charge is 2.38. The van der Waals surface area contributed by atoms with E-state index in [2.05, 4.69) is 31.2 Å². The number of fused-ring (bicyclic) bond motifs is 1. The molecule has 0 radical (unpaired) electrons. The first-order chi connectivity index (χ1) is 18.1. The van der Waals surface area contributed by atoms with Crippen molar-refractivity contribution in [1.82, 2.24) is 19.9 Å². The standard InChI is InChI=1S/C27H33N5O4S/c33-22-3-1-4-23(22)36-16-25-28-14-19(15-29-25)17-5-6-21-24(13-17)37-27(30-21)31-26(34)18-11-20(12-18)32-7-2-9-35-10-8-32/h5-6,13-15,18,20,22-23,33H,1-4,7-12,16H2,(H,30,31,34)/t18?,20?,22-,23-/m0/s1. The smallest absolute Gasteiger partial charge is 0.229 e. The first-order valence-electron chi connectivity index (χ1n) is 13.3. The Kier molecular flexibility index (Phi) is 7.43. The zero-order chi connectivity index (χ0) is 25.2. The predicted molar refractivity (Wildman–Crippen MR) is 141 cm³/mol. The number of benzene rings is 1. The highest BCUT2D eigenvalue weighted by molar-refractivity contribution is 7.22. The number of carbonyl (C=O) groups is 1. The van der Waals surface area contributed by atoms with Gasteiger partial charge in [0.25, 0.3) is 0 Å². The molecule has 3 fully saturated rings. The van der Waals surface area contributed by atoms with Gasteiger partial charge in [-0.15, -0.1) is 0 Å². The molecule has 2 aromatic heterocycles. The number of thiazole rings is 1. The lowest BCUT2D eigenvalue weighted by Gasteiger charge is -2.41.